The quantitative estimate of drug-likeness (QED) is 0.511. The number of alkyl halides is 3. The number of pyridine rings is 1. The molecule has 1 aliphatic heterocycles. The highest BCUT2D eigenvalue weighted by molar-refractivity contribution is 7.90. The number of rotatable bonds is 5. The fourth-order valence-corrected chi connectivity index (χ4v) is 4.03. The maximum Gasteiger partial charge on any atom is 0.425 e. The van der Waals surface area contributed by atoms with Crippen LogP contribution in [0.3, 0.4) is 0 Å². The van der Waals surface area contributed by atoms with E-state index < -0.39 is 22.1 Å². The Morgan fingerprint density at radius 2 is 1.97 bits per heavy atom. The number of benzene rings is 1. The molecule has 29 heavy (non-hydrogen) atoms. The second kappa shape index (κ2) is 7.49. The molecule has 1 aromatic carbocycles. The lowest BCUT2D eigenvalue weighted by Crippen LogP contribution is -2.31. The zero-order valence-corrected chi connectivity index (χ0v) is 16.9. The molecule has 1 aliphatic rings. The topological polar surface area (TPSA) is 76.6 Å². The number of hydrogen-bond donors (Lipinski definition) is 0. The second-order valence-corrected chi connectivity index (χ2v) is 9.02. The van der Waals surface area contributed by atoms with Gasteiger partial charge in [-0.25, -0.2) is 13.4 Å². The van der Waals surface area contributed by atoms with Crippen molar-refractivity contribution in [3.63, 3.8) is 0 Å². The minimum absolute atomic E-state index is 0.122. The summed E-state index contributed by atoms with van der Waals surface area (Å²) in [5.74, 6) is -0.353. The van der Waals surface area contributed by atoms with E-state index >= 15 is 0 Å². The van der Waals surface area contributed by atoms with E-state index in [-0.39, 0.29) is 46.4 Å². The normalized spacial score (nSPS) is 15.2. The first-order valence-corrected chi connectivity index (χ1v) is 10.6. The van der Waals surface area contributed by atoms with Gasteiger partial charge in [-0.1, -0.05) is 17.7 Å². The Morgan fingerprint density at radius 1 is 1.28 bits per heavy atom. The van der Waals surface area contributed by atoms with Crippen LogP contribution in [0.25, 0.3) is 0 Å². The summed E-state index contributed by atoms with van der Waals surface area (Å²) in [6.45, 7) is 1.28. The largest absolute Gasteiger partial charge is 0.480 e. The molecule has 11 heteroatoms. The number of hydrogen-bond acceptors (Lipinski definition) is 6. The van der Waals surface area contributed by atoms with Crippen molar-refractivity contribution < 1.29 is 31.1 Å². The van der Waals surface area contributed by atoms with Gasteiger partial charge in [-0.2, -0.15) is 13.2 Å². The Morgan fingerprint density at radius 3 is 2.55 bits per heavy atom. The van der Waals surface area contributed by atoms with Gasteiger partial charge in [-0.3, -0.25) is 4.79 Å². The van der Waals surface area contributed by atoms with Crippen molar-refractivity contribution in [2.75, 3.05) is 11.2 Å². The molecule has 0 fully saturated rings. The number of ether oxygens (including phenoxy) is 1. The number of fused-ring (bicyclic) bond motifs is 1. The van der Waals surface area contributed by atoms with E-state index in [0.717, 1.165) is 30.9 Å². The summed E-state index contributed by atoms with van der Waals surface area (Å²) < 4.78 is 68.3. The molecule has 0 bridgehead atoms. The Balaban J connectivity index is 2.09. The van der Waals surface area contributed by atoms with Crippen molar-refractivity contribution in [1.82, 2.24) is 4.98 Å². The van der Waals surface area contributed by atoms with Crippen LogP contribution in [0.15, 0.2) is 29.2 Å². The third-order valence-corrected chi connectivity index (χ3v) is 5.80. The van der Waals surface area contributed by atoms with Crippen molar-refractivity contribution in [2.24, 2.45) is 0 Å². The Hall–Kier alpha value is -2.33. The van der Waals surface area contributed by atoms with Crippen LogP contribution in [-0.2, 0) is 22.9 Å². The summed E-state index contributed by atoms with van der Waals surface area (Å²) in [5, 5.41) is 0.272. The number of aromatic nitrogens is 1. The first kappa shape index (κ1) is 21.4. The van der Waals surface area contributed by atoms with Crippen LogP contribution in [-0.4, -0.2) is 38.2 Å². The number of anilines is 1. The van der Waals surface area contributed by atoms with E-state index in [2.05, 4.69) is 4.98 Å². The molecule has 2 aromatic rings. The maximum absolute atomic E-state index is 12.9. The summed E-state index contributed by atoms with van der Waals surface area (Å²) in [4.78, 5) is 17.0. The van der Waals surface area contributed by atoms with Gasteiger partial charge in [0.05, 0.1) is 28.4 Å². The van der Waals surface area contributed by atoms with Crippen molar-refractivity contribution in [2.45, 2.75) is 37.2 Å². The molecule has 3 rings (SSSR count). The van der Waals surface area contributed by atoms with E-state index in [1.807, 2.05) is 0 Å². The lowest BCUT2D eigenvalue weighted by molar-refractivity contribution is -0.189. The van der Waals surface area contributed by atoms with Crippen molar-refractivity contribution >= 4 is 33.4 Å². The smallest absolute Gasteiger partial charge is 0.425 e. The van der Waals surface area contributed by atoms with Gasteiger partial charge in [-0.05, 0) is 24.6 Å². The lowest BCUT2D eigenvalue weighted by Gasteiger charge is -2.24. The van der Waals surface area contributed by atoms with Crippen LogP contribution in [0.5, 0.6) is 5.75 Å². The number of sulfone groups is 1. The van der Waals surface area contributed by atoms with E-state index in [1.165, 1.54) is 0 Å². The van der Waals surface area contributed by atoms with Gasteiger partial charge >= 0.3 is 6.18 Å². The van der Waals surface area contributed by atoms with E-state index in [0.29, 0.717) is 5.69 Å². The molecular weight excluding hydrogens is 433 g/mol. The molecule has 156 valence electrons. The summed E-state index contributed by atoms with van der Waals surface area (Å²) in [7, 11) is -3.80. The van der Waals surface area contributed by atoms with Crippen molar-refractivity contribution in [3.05, 3.63) is 46.2 Å². The van der Waals surface area contributed by atoms with E-state index in [1.54, 1.807) is 17.0 Å². The highest BCUT2D eigenvalue weighted by Gasteiger charge is 2.39. The van der Waals surface area contributed by atoms with Gasteiger partial charge in [-0.15, -0.1) is 0 Å². The Kier molecular flexibility index (Phi) is 5.52. The fourth-order valence-electron chi connectivity index (χ4n) is 2.96. The summed E-state index contributed by atoms with van der Waals surface area (Å²) >= 11 is 5.89. The van der Waals surface area contributed by atoms with E-state index in [4.69, 9.17) is 16.3 Å². The van der Waals surface area contributed by atoms with Gasteiger partial charge in [0.1, 0.15) is 10.9 Å². The molecule has 2 heterocycles. The molecule has 1 atom stereocenters. The highest BCUT2D eigenvalue weighted by Crippen LogP contribution is 2.38. The third kappa shape index (κ3) is 4.48. The van der Waals surface area contributed by atoms with Crippen LogP contribution in [0.2, 0.25) is 5.15 Å². The first-order valence-electron chi connectivity index (χ1n) is 8.36. The highest BCUT2D eigenvalue weighted by atomic mass is 35.5. The second-order valence-electron chi connectivity index (χ2n) is 6.65. The average Bonchev–Trinajstić information content (AvgIpc) is 3.02. The third-order valence-electron chi connectivity index (χ3n) is 4.46. The molecule has 0 saturated carbocycles. The minimum atomic E-state index is -4.65. The Bertz CT molecular complexity index is 1070. The van der Waals surface area contributed by atoms with Crippen LogP contribution >= 0.6 is 11.6 Å². The molecule has 0 unspecified atom stereocenters. The fraction of sp³-hybridized carbons (Fsp3) is 0.333. The minimum Gasteiger partial charge on any atom is -0.480 e. The zero-order chi connectivity index (χ0) is 21.6. The van der Waals surface area contributed by atoms with Crippen LogP contribution < -0.4 is 9.64 Å². The number of nitrogens with zero attached hydrogens (tertiary/aromatic N) is 2. The summed E-state index contributed by atoms with van der Waals surface area (Å²) in [6, 6.07) is 5.51. The number of carbonyl (C=O) groups is 1. The molecule has 6 nitrogen and oxygen atoms in total. The average molecular weight is 449 g/mol. The molecule has 0 spiro atoms. The van der Waals surface area contributed by atoms with Gasteiger partial charge < -0.3 is 9.64 Å². The predicted molar refractivity (Wildman–Crippen MR) is 100 cm³/mol. The molecule has 0 aliphatic carbocycles. The van der Waals surface area contributed by atoms with Crippen molar-refractivity contribution in [3.8, 4) is 5.75 Å². The first-order chi connectivity index (χ1) is 13.4. The number of carbonyl (C=O) groups excluding carboxylic acids is 1. The zero-order valence-electron chi connectivity index (χ0n) is 15.3. The summed E-state index contributed by atoms with van der Waals surface area (Å²) in [6.07, 6.45) is -5.62. The Labute approximate surface area is 170 Å². The van der Waals surface area contributed by atoms with Crippen molar-refractivity contribution in [1.29, 1.82) is 0 Å². The van der Waals surface area contributed by atoms with Gasteiger partial charge in [0, 0.05) is 18.9 Å². The van der Waals surface area contributed by atoms with Crippen LogP contribution in [0, 0.1) is 0 Å². The van der Waals surface area contributed by atoms with E-state index in [9.17, 15) is 26.4 Å². The maximum atomic E-state index is 12.9. The lowest BCUT2D eigenvalue weighted by atomic mass is 10.1. The molecule has 0 amide bonds. The summed E-state index contributed by atoms with van der Waals surface area (Å²) in [5.41, 5.74) is 1.27. The standard InChI is InChI=1S/C18H16ClF3N2O4S/c1-10(18(20,21)22)28-15-6-14(16(29(2,26)27)5-12(15)9-25)24-7-11-3-4-17(19)23-13(11)8-24/h3-6,9-10H,7-8H2,1-2H3/t10-/m0/s1. The molecule has 1 aromatic heterocycles. The number of halogens is 4. The molecule has 0 saturated heterocycles. The van der Waals surface area contributed by atoms with Gasteiger partial charge in [0.25, 0.3) is 0 Å². The molecular formula is C18H16ClF3N2O4S. The molecule has 0 N–H and O–H groups in total. The van der Waals surface area contributed by atoms with Crippen LogP contribution in [0.4, 0.5) is 18.9 Å². The monoisotopic (exact) mass is 448 g/mol. The van der Waals surface area contributed by atoms with Gasteiger partial charge in [0.2, 0.25) is 0 Å². The van der Waals surface area contributed by atoms with Gasteiger partial charge in [0.15, 0.2) is 22.2 Å². The number of aldehydes is 1. The van der Waals surface area contributed by atoms with Crippen LogP contribution in [0.1, 0.15) is 28.5 Å². The SMILES string of the molecule is C[C@H](Oc1cc(N2Cc3ccc(Cl)nc3C2)c(S(C)(=O)=O)cc1C=O)C(F)(F)F. The predicted octanol–water partition coefficient (Wildman–Crippen LogP) is 3.80. The molecule has 0 radical (unpaired) electrons.